The standard InChI is InChI=1S/C20H19NO2S/c1-17-12-14-19(15-13-17)21(16-18-8-4-2-5-9-18)24(22,23)20-10-6-3-7-11-20/h2-15H,16H2,1H3. The monoisotopic (exact) mass is 337 g/mol. The van der Waals surface area contributed by atoms with Crippen molar-refractivity contribution in [1.82, 2.24) is 0 Å². The van der Waals surface area contributed by atoms with E-state index in [-0.39, 0.29) is 0 Å². The van der Waals surface area contributed by atoms with Crippen molar-refractivity contribution in [3.05, 3.63) is 96.1 Å². The number of aryl methyl sites for hydroxylation is 1. The first kappa shape index (κ1) is 16.3. The van der Waals surface area contributed by atoms with Gasteiger partial charge in [-0.2, -0.15) is 0 Å². The fourth-order valence-corrected chi connectivity index (χ4v) is 3.97. The molecule has 4 heteroatoms. The summed E-state index contributed by atoms with van der Waals surface area (Å²) in [6, 6.07) is 25.7. The molecule has 0 radical (unpaired) electrons. The van der Waals surface area contributed by atoms with Gasteiger partial charge in [-0.15, -0.1) is 0 Å². The lowest BCUT2D eigenvalue weighted by Gasteiger charge is -2.25. The molecule has 0 heterocycles. The zero-order valence-corrected chi connectivity index (χ0v) is 14.3. The maximum absolute atomic E-state index is 13.1. The van der Waals surface area contributed by atoms with Crippen LogP contribution in [0.1, 0.15) is 11.1 Å². The summed E-state index contributed by atoms with van der Waals surface area (Å²) in [6.07, 6.45) is 0. The van der Waals surface area contributed by atoms with E-state index in [1.165, 1.54) is 4.31 Å². The Bertz CT molecular complexity index is 889. The van der Waals surface area contributed by atoms with Gasteiger partial charge in [0.25, 0.3) is 10.0 Å². The Kier molecular flexibility index (Phi) is 4.67. The van der Waals surface area contributed by atoms with E-state index in [1.807, 2.05) is 67.6 Å². The molecule has 0 N–H and O–H groups in total. The van der Waals surface area contributed by atoms with Gasteiger partial charge in [0.05, 0.1) is 17.1 Å². The fraction of sp³-hybridized carbons (Fsp3) is 0.100. The average Bonchev–Trinajstić information content (AvgIpc) is 2.62. The van der Waals surface area contributed by atoms with Crippen molar-refractivity contribution in [3.8, 4) is 0 Å². The van der Waals surface area contributed by atoms with Crippen LogP contribution in [0.15, 0.2) is 89.8 Å². The smallest absolute Gasteiger partial charge is 0.262 e. The third-order valence-electron chi connectivity index (χ3n) is 3.82. The minimum absolute atomic E-state index is 0.293. The molecule has 0 fully saturated rings. The lowest BCUT2D eigenvalue weighted by atomic mass is 10.2. The Balaban J connectivity index is 2.06. The third kappa shape index (κ3) is 3.49. The number of hydrogen-bond donors (Lipinski definition) is 0. The van der Waals surface area contributed by atoms with Gasteiger partial charge >= 0.3 is 0 Å². The van der Waals surface area contributed by atoms with Gasteiger partial charge in [-0.3, -0.25) is 4.31 Å². The highest BCUT2D eigenvalue weighted by Gasteiger charge is 2.24. The summed E-state index contributed by atoms with van der Waals surface area (Å²) in [4.78, 5) is 0.293. The molecule has 0 spiro atoms. The fourth-order valence-electron chi connectivity index (χ4n) is 2.50. The molecule has 3 aromatic carbocycles. The van der Waals surface area contributed by atoms with Crippen LogP contribution in [-0.4, -0.2) is 8.42 Å². The molecule has 0 amide bonds. The molecule has 0 atom stereocenters. The van der Waals surface area contributed by atoms with Crippen LogP contribution in [0.3, 0.4) is 0 Å². The van der Waals surface area contributed by atoms with Crippen molar-refractivity contribution in [2.45, 2.75) is 18.4 Å². The third-order valence-corrected chi connectivity index (χ3v) is 5.61. The number of benzene rings is 3. The second kappa shape index (κ2) is 6.89. The van der Waals surface area contributed by atoms with Crippen LogP contribution in [0.25, 0.3) is 0 Å². The van der Waals surface area contributed by atoms with Gasteiger partial charge in [0.2, 0.25) is 0 Å². The summed E-state index contributed by atoms with van der Waals surface area (Å²) in [7, 11) is -3.63. The Morgan fingerprint density at radius 3 is 1.88 bits per heavy atom. The van der Waals surface area contributed by atoms with Crippen LogP contribution in [0.5, 0.6) is 0 Å². The van der Waals surface area contributed by atoms with Crippen LogP contribution in [0, 0.1) is 6.92 Å². The first-order valence-corrected chi connectivity index (χ1v) is 9.20. The lowest BCUT2D eigenvalue weighted by molar-refractivity contribution is 0.590. The van der Waals surface area contributed by atoms with Crippen molar-refractivity contribution in [1.29, 1.82) is 0 Å². The zero-order valence-electron chi connectivity index (χ0n) is 13.5. The molecule has 0 aliphatic rings. The molecule has 0 bridgehead atoms. The highest BCUT2D eigenvalue weighted by Crippen LogP contribution is 2.26. The molecule has 0 saturated carbocycles. The topological polar surface area (TPSA) is 37.4 Å². The Morgan fingerprint density at radius 1 is 0.750 bits per heavy atom. The summed E-state index contributed by atoms with van der Waals surface area (Å²) in [5.74, 6) is 0. The molecule has 24 heavy (non-hydrogen) atoms. The largest absolute Gasteiger partial charge is 0.264 e. The maximum Gasteiger partial charge on any atom is 0.264 e. The van der Waals surface area contributed by atoms with E-state index in [0.29, 0.717) is 17.1 Å². The quantitative estimate of drug-likeness (QED) is 0.692. The van der Waals surface area contributed by atoms with E-state index < -0.39 is 10.0 Å². The van der Waals surface area contributed by atoms with Crippen LogP contribution >= 0.6 is 0 Å². The molecular formula is C20H19NO2S. The van der Waals surface area contributed by atoms with E-state index >= 15 is 0 Å². The number of anilines is 1. The molecule has 3 aromatic rings. The van der Waals surface area contributed by atoms with E-state index in [9.17, 15) is 8.42 Å². The van der Waals surface area contributed by atoms with Crippen molar-refractivity contribution >= 4 is 15.7 Å². The van der Waals surface area contributed by atoms with Crippen molar-refractivity contribution in [2.24, 2.45) is 0 Å². The molecule has 0 saturated heterocycles. The van der Waals surface area contributed by atoms with E-state index in [2.05, 4.69) is 0 Å². The van der Waals surface area contributed by atoms with Gasteiger partial charge in [0.1, 0.15) is 0 Å². The predicted octanol–water partition coefficient (Wildman–Crippen LogP) is 4.39. The Labute approximate surface area is 143 Å². The van der Waals surface area contributed by atoms with Gasteiger partial charge in [-0.1, -0.05) is 66.2 Å². The van der Waals surface area contributed by atoms with Crippen LogP contribution in [0.4, 0.5) is 5.69 Å². The molecule has 3 rings (SSSR count). The number of nitrogens with zero attached hydrogens (tertiary/aromatic N) is 1. The minimum atomic E-state index is -3.63. The summed E-state index contributed by atoms with van der Waals surface area (Å²) < 4.78 is 27.8. The minimum Gasteiger partial charge on any atom is -0.262 e. The lowest BCUT2D eigenvalue weighted by Crippen LogP contribution is -2.30. The number of sulfonamides is 1. The van der Waals surface area contributed by atoms with E-state index in [4.69, 9.17) is 0 Å². The Hall–Kier alpha value is -2.59. The van der Waals surface area contributed by atoms with Crippen LogP contribution in [0.2, 0.25) is 0 Å². The summed E-state index contributed by atoms with van der Waals surface area (Å²) in [5, 5.41) is 0. The van der Waals surface area contributed by atoms with Crippen LogP contribution in [-0.2, 0) is 16.6 Å². The molecule has 0 aliphatic carbocycles. The van der Waals surface area contributed by atoms with Crippen molar-refractivity contribution in [3.63, 3.8) is 0 Å². The SMILES string of the molecule is Cc1ccc(N(Cc2ccccc2)S(=O)(=O)c2ccccc2)cc1. The predicted molar refractivity (Wildman–Crippen MR) is 97.4 cm³/mol. The van der Waals surface area contributed by atoms with Gasteiger partial charge in [0, 0.05) is 0 Å². The first-order chi connectivity index (χ1) is 11.6. The van der Waals surface area contributed by atoms with Crippen molar-refractivity contribution < 1.29 is 8.42 Å². The maximum atomic E-state index is 13.1. The van der Waals surface area contributed by atoms with Gasteiger partial charge in [-0.25, -0.2) is 8.42 Å². The van der Waals surface area contributed by atoms with Crippen LogP contribution < -0.4 is 4.31 Å². The average molecular weight is 337 g/mol. The summed E-state index contributed by atoms with van der Waals surface area (Å²) in [5.41, 5.74) is 2.70. The van der Waals surface area contributed by atoms with E-state index in [1.54, 1.807) is 24.3 Å². The second-order valence-corrected chi connectivity index (χ2v) is 7.51. The zero-order chi connectivity index (χ0) is 17.0. The van der Waals surface area contributed by atoms with Gasteiger partial charge < -0.3 is 0 Å². The molecule has 3 nitrogen and oxygen atoms in total. The molecule has 0 aliphatic heterocycles. The first-order valence-electron chi connectivity index (χ1n) is 7.76. The summed E-state index contributed by atoms with van der Waals surface area (Å²) >= 11 is 0. The normalized spacial score (nSPS) is 11.2. The molecule has 0 unspecified atom stereocenters. The second-order valence-electron chi connectivity index (χ2n) is 5.65. The highest BCUT2D eigenvalue weighted by molar-refractivity contribution is 7.92. The highest BCUT2D eigenvalue weighted by atomic mass is 32.2. The van der Waals surface area contributed by atoms with Gasteiger partial charge in [0.15, 0.2) is 0 Å². The molecule has 122 valence electrons. The number of rotatable bonds is 5. The van der Waals surface area contributed by atoms with E-state index in [0.717, 1.165) is 11.1 Å². The molecular weight excluding hydrogens is 318 g/mol. The van der Waals surface area contributed by atoms with Gasteiger partial charge in [-0.05, 0) is 36.8 Å². The van der Waals surface area contributed by atoms with Crippen molar-refractivity contribution in [2.75, 3.05) is 4.31 Å². The Morgan fingerprint density at radius 2 is 1.29 bits per heavy atom. The summed E-state index contributed by atoms with van der Waals surface area (Å²) in [6.45, 7) is 2.28. The molecule has 0 aromatic heterocycles. The number of hydrogen-bond acceptors (Lipinski definition) is 2.